The minimum absolute atomic E-state index is 0.134. The van der Waals surface area contributed by atoms with Gasteiger partial charge < -0.3 is 29.1 Å². The molecule has 11 nitrogen and oxygen atoms in total. The molecule has 3 aliphatic heterocycles. The maximum atomic E-state index is 14.5. The Bertz CT molecular complexity index is 1700. The summed E-state index contributed by atoms with van der Waals surface area (Å²) in [6.45, 7) is 8.53. The molecule has 248 valence electrons. The highest BCUT2D eigenvalue weighted by molar-refractivity contribution is 6.37. The lowest BCUT2D eigenvalue weighted by Gasteiger charge is -2.42. The van der Waals surface area contributed by atoms with E-state index in [1.54, 1.807) is 9.80 Å². The first-order valence-corrected chi connectivity index (χ1v) is 16.8. The van der Waals surface area contributed by atoms with E-state index < -0.39 is 17.7 Å². The van der Waals surface area contributed by atoms with Crippen molar-refractivity contribution in [2.45, 2.75) is 70.6 Å². The largest absolute Gasteiger partial charge is 0.462 e. The van der Waals surface area contributed by atoms with Crippen LogP contribution in [0.15, 0.2) is 36.4 Å². The number of hydrogen-bond donors (Lipinski definition) is 0. The third-order valence-corrected chi connectivity index (χ3v) is 9.47. The van der Waals surface area contributed by atoms with Crippen LogP contribution >= 0.6 is 11.6 Å². The Morgan fingerprint density at radius 1 is 1.06 bits per heavy atom. The molecule has 0 radical (unpaired) electrons. The summed E-state index contributed by atoms with van der Waals surface area (Å²) in [5.41, 5.74) is 1.13. The van der Waals surface area contributed by atoms with Crippen LogP contribution < -0.4 is 14.5 Å². The monoisotopic (exact) mass is 659 g/mol. The summed E-state index contributed by atoms with van der Waals surface area (Å²) >= 11 is 6.69. The number of nitriles is 1. The number of likely N-dealkylation sites (tertiary alicyclic amines) is 1. The molecule has 0 spiro atoms. The van der Waals surface area contributed by atoms with E-state index in [1.807, 2.05) is 57.2 Å². The zero-order valence-corrected chi connectivity index (χ0v) is 28.3. The molecular weight excluding hydrogens is 618 g/mol. The van der Waals surface area contributed by atoms with Crippen LogP contribution in [-0.4, -0.2) is 95.8 Å². The second-order valence-electron chi connectivity index (χ2n) is 13.6. The fraction of sp³-hybridized carbons (Fsp3) is 0.514. The quantitative estimate of drug-likeness (QED) is 0.329. The Morgan fingerprint density at radius 3 is 2.57 bits per heavy atom. The van der Waals surface area contributed by atoms with Crippen molar-refractivity contribution in [3.8, 4) is 12.1 Å². The summed E-state index contributed by atoms with van der Waals surface area (Å²) in [5.74, 6) is 0.375. The highest BCUT2D eigenvalue weighted by Crippen LogP contribution is 2.37. The van der Waals surface area contributed by atoms with Crippen molar-refractivity contribution in [3.05, 3.63) is 52.7 Å². The van der Waals surface area contributed by atoms with E-state index in [0.717, 1.165) is 41.4 Å². The van der Waals surface area contributed by atoms with Crippen LogP contribution in [0.2, 0.25) is 5.02 Å². The van der Waals surface area contributed by atoms with Crippen LogP contribution in [0.1, 0.15) is 62.5 Å². The minimum atomic E-state index is -0.657. The summed E-state index contributed by atoms with van der Waals surface area (Å²) in [4.78, 5) is 45.1. The van der Waals surface area contributed by atoms with E-state index in [-0.39, 0.29) is 24.4 Å². The van der Waals surface area contributed by atoms with E-state index in [0.29, 0.717) is 62.2 Å². The molecule has 0 N–H and O–H groups in total. The smallest absolute Gasteiger partial charge is 0.410 e. The molecule has 3 aliphatic rings. The summed E-state index contributed by atoms with van der Waals surface area (Å²) in [5, 5.41) is 12.0. The fourth-order valence-electron chi connectivity index (χ4n) is 6.81. The third-order valence-electron chi connectivity index (χ3n) is 9.16. The van der Waals surface area contributed by atoms with Crippen LogP contribution in [0.4, 0.5) is 16.3 Å². The number of halogens is 1. The zero-order chi connectivity index (χ0) is 33.3. The maximum absolute atomic E-state index is 14.5. The second-order valence-corrected chi connectivity index (χ2v) is 14.0. The first-order valence-electron chi connectivity index (χ1n) is 16.4. The van der Waals surface area contributed by atoms with E-state index in [4.69, 9.17) is 31.0 Å². The van der Waals surface area contributed by atoms with E-state index in [2.05, 4.69) is 22.9 Å². The van der Waals surface area contributed by atoms with Crippen molar-refractivity contribution in [1.82, 2.24) is 19.8 Å². The number of carbonyl (C=O) groups is 2. The van der Waals surface area contributed by atoms with Crippen molar-refractivity contribution in [2.24, 2.45) is 0 Å². The van der Waals surface area contributed by atoms with E-state index in [1.165, 1.54) is 0 Å². The van der Waals surface area contributed by atoms with Gasteiger partial charge in [0.2, 0.25) is 0 Å². The standard InChI is InChI=1S/C35H42ClN7O4/c1-35(2,3)47-34(45)42-20-19-41(21-24(42)15-16-37)31-26-12-8-18-43(28-14-6-10-23-9-5-13-27(36)29(23)28)32(44)30(26)38-33(39-31)46-22-25-11-7-17-40(25)4/h5-6,9-10,13-14,24-25H,7-8,11-12,15,17-22H2,1-4H3. The lowest BCUT2D eigenvalue weighted by molar-refractivity contribution is 0.0144. The normalized spacial score (nSPS) is 20.6. The maximum Gasteiger partial charge on any atom is 0.410 e. The summed E-state index contributed by atoms with van der Waals surface area (Å²) in [6, 6.07) is 13.8. The molecule has 2 fully saturated rings. The number of likely N-dealkylation sites (N-methyl/N-ethyl adjacent to an activating group) is 1. The first-order chi connectivity index (χ1) is 22.5. The van der Waals surface area contributed by atoms with Gasteiger partial charge in [-0.25, -0.2) is 4.79 Å². The first kappa shape index (κ1) is 32.8. The number of rotatable bonds is 6. The molecule has 2 saturated heterocycles. The number of nitrogens with zero attached hydrogens (tertiary/aromatic N) is 7. The summed E-state index contributed by atoms with van der Waals surface area (Å²) in [6.07, 6.45) is 3.07. The second kappa shape index (κ2) is 13.5. The van der Waals surface area contributed by atoms with Gasteiger partial charge >= 0.3 is 12.1 Å². The molecule has 0 saturated carbocycles. The molecule has 3 aromatic rings. The summed E-state index contributed by atoms with van der Waals surface area (Å²) in [7, 11) is 2.08. The molecule has 12 heteroatoms. The van der Waals surface area contributed by atoms with Gasteiger partial charge in [-0.3, -0.25) is 4.79 Å². The highest BCUT2D eigenvalue weighted by Gasteiger charge is 2.37. The van der Waals surface area contributed by atoms with Crippen molar-refractivity contribution in [1.29, 1.82) is 5.26 Å². The molecule has 2 unspecified atom stereocenters. The molecule has 2 atom stereocenters. The zero-order valence-electron chi connectivity index (χ0n) is 27.5. The van der Waals surface area contributed by atoms with Crippen LogP contribution in [0.5, 0.6) is 6.01 Å². The lowest BCUT2D eigenvalue weighted by atomic mass is 10.1. The number of amides is 2. The third kappa shape index (κ3) is 6.94. The molecule has 2 amide bonds. The SMILES string of the molecule is CN1CCCC1COc1nc2c(c(N3CCN(C(=O)OC(C)(C)C)C(CC#N)C3)n1)CCCN(c1cccc3cccc(Cl)c13)C2=O. The van der Waals surface area contributed by atoms with Gasteiger partial charge in [-0.2, -0.15) is 15.2 Å². The number of ether oxygens (including phenoxy) is 2. The topological polar surface area (TPSA) is 115 Å². The van der Waals surface area contributed by atoms with Gasteiger partial charge in [-0.15, -0.1) is 0 Å². The van der Waals surface area contributed by atoms with Gasteiger partial charge in [0.15, 0.2) is 0 Å². The molecule has 0 bridgehead atoms. The van der Waals surface area contributed by atoms with Gasteiger partial charge in [0.05, 0.1) is 29.2 Å². The Balaban J connectivity index is 1.38. The van der Waals surface area contributed by atoms with Crippen LogP contribution in [0.3, 0.4) is 0 Å². The van der Waals surface area contributed by atoms with Crippen molar-refractivity contribution >= 4 is 45.9 Å². The molecule has 47 heavy (non-hydrogen) atoms. The number of aromatic nitrogens is 2. The molecule has 1 aromatic heterocycles. The van der Waals surface area contributed by atoms with Crippen molar-refractivity contribution in [2.75, 3.05) is 56.2 Å². The Hall–Kier alpha value is -4.14. The van der Waals surface area contributed by atoms with Gasteiger partial charge in [0.1, 0.15) is 23.7 Å². The number of anilines is 2. The fourth-order valence-corrected chi connectivity index (χ4v) is 7.09. The molecule has 2 aromatic carbocycles. The number of fused-ring (bicyclic) bond motifs is 2. The van der Waals surface area contributed by atoms with Crippen molar-refractivity contribution < 1.29 is 19.1 Å². The van der Waals surface area contributed by atoms with E-state index >= 15 is 0 Å². The number of hydrogen-bond acceptors (Lipinski definition) is 9. The van der Waals surface area contributed by atoms with Gasteiger partial charge in [-0.1, -0.05) is 35.9 Å². The minimum Gasteiger partial charge on any atom is -0.462 e. The predicted octanol–water partition coefficient (Wildman–Crippen LogP) is 5.69. The van der Waals surface area contributed by atoms with Crippen molar-refractivity contribution in [3.63, 3.8) is 0 Å². The van der Waals surface area contributed by atoms with Crippen LogP contribution in [-0.2, 0) is 11.2 Å². The lowest BCUT2D eigenvalue weighted by Crippen LogP contribution is -2.56. The van der Waals surface area contributed by atoms with Gasteiger partial charge in [0, 0.05) is 43.2 Å². The molecule has 4 heterocycles. The number of benzene rings is 2. The van der Waals surface area contributed by atoms with Gasteiger partial charge in [0.25, 0.3) is 5.91 Å². The highest BCUT2D eigenvalue weighted by atomic mass is 35.5. The number of carbonyl (C=O) groups excluding carboxylic acids is 2. The van der Waals surface area contributed by atoms with Crippen LogP contribution in [0.25, 0.3) is 10.8 Å². The molecule has 0 aliphatic carbocycles. The Labute approximate surface area is 281 Å². The average Bonchev–Trinajstić information content (AvgIpc) is 3.37. The molecule has 6 rings (SSSR count). The Kier molecular flexibility index (Phi) is 9.44. The average molecular weight is 660 g/mol. The molecular formula is C35H42ClN7O4. The predicted molar refractivity (Wildman–Crippen MR) is 181 cm³/mol. The summed E-state index contributed by atoms with van der Waals surface area (Å²) < 4.78 is 11.9. The van der Waals surface area contributed by atoms with E-state index in [9.17, 15) is 14.9 Å². The van der Waals surface area contributed by atoms with Crippen LogP contribution in [0, 0.1) is 11.3 Å². The number of piperazine rings is 1. The van der Waals surface area contributed by atoms with Gasteiger partial charge in [-0.05, 0) is 77.6 Å². The Morgan fingerprint density at radius 2 is 1.85 bits per heavy atom.